The van der Waals surface area contributed by atoms with E-state index in [1.165, 1.54) is 4.57 Å². The zero-order chi connectivity index (χ0) is 15.7. The van der Waals surface area contributed by atoms with Crippen LogP contribution in [0.25, 0.3) is 11.0 Å². The highest BCUT2D eigenvalue weighted by atomic mass is 16.2. The number of fused-ring (bicyclic) bond motifs is 1. The highest BCUT2D eigenvalue weighted by molar-refractivity contribution is 5.94. The molecule has 0 aliphatic rings. The molecule has 0 fully saturated rings. The lowest BCUT2D eigenvalue weighted by atomic mass is 10.1. The summed E-state index contributed by atoms with van der Waals surface area (Å²) in [5.74, 6) is -0.412. The Hall–Kier alpha value is -2.17. The number of benzene rings is 1. The fraction of sp³-hybridized carbons (Fsp3) is 0.438. The van der Waals surface area contributed by atoms with Gasteiger partial charge in [0.15, 0.2) is 5.69 Å². The number of carbonyl (C=O) groups excluding carboxylic acids is 1. The van der Waals surface area contributed by atoms with Crippen LogP contribution in [0.4, 0.5) is 0 Å². The number of aryl methyl sites for hydroxylation is 3. The van der Waals surface area contributed by atoms with Crippen molar-refractivity contribution in [3.63, 3.8) is 0 Å². The largest absolute Gasteiger partial charge is 0.348 e. The molecule has 1 heterocycles. The van der Waals surface area contributed by atoms with Crippen LogP contribution in [0.3, 0.4) is 0 Å². The highest BCUT2D eigenvalue weighted by Gasteiger charge is 2.17. The summed E-state index contributed by atoms with van der Waals surface area (Å²) in [7, 11) is 1.67. The number of hydrogen-bond acceptors (Lipinski definition) is 3. The number of carbonyl (C=O) groups is 1. The molecule has 0 saturated heterocycles. The molecule has 1 unspecified atom stereocenters. The molecule has 0 aliphatic heterocycles. The molecule has 5 heteroatoms. The van der Waals surface area contributed by atoms with Gasteiger partial charge in [-0.25, -0.2) is 4.98 Å². The summed E-state index contributed by atoms with van der Waals surface area (Å²) >= 11 is 0. The third-order valence-corrected chi connectivity index (χ3v) is 3.90. The van der Waals surface area contributed by atoms with Crippen LogP contribution in [0.15, 0.2) is 16.9 Å². The summed E-state index contributed by atoms with van der Waals surface area (Å²) < 4.78 is 1.49. The van der Waals surface area contributed by atoms with E-state index >= 15 is 0 Å². The molecule has 2 rings (SSSR count). The minimum Gasteiger partial charge on any atom is -0.348 e. The van der Waals surface area contributed by atoms with Crippen LogP contribution in [0, 0.1) is 13.8 Å². The molecule has 1 atom stereocenters. The number of rotatable bonds is 3. The van der Waals surface area contributed by atoms with E-state index in [2.05, 4.69) is 10.3 Å². The number of nitrogens with one attached hydrogen (secondary N) is 1. The quantitative estimate of drug-likeness (QED) is 0.940. The van der Waals surface area contributed by atoms with Crippen molar-refractivity contribution in [1.29, 1.82) is 0 Å². The van der Waals surface area contributed by atoms with Gasteiger partial charge in [-0.2, -0.15) is 0 Å². The van der Waals surface area contributed by atoms with Crippen LogP contribution in [0.1, 0.15) is 41.9 Å². The molecule has 1 amide bonds. The van der Waals surface area contributed by atoms with Gasteiger partial charge in [0, 0.05) is 13.1 Å². The molecule has 1 aromatic carbocycles. The van der Waals surface area contributed by atoms with Crippen LogP contribution in [0.5, 0.6) is 0 Å². The molecule has 5 nitrogen and oxygen atoms in total. The Bertz CT molecular complexity index is 762. The summed E-state index contributed by atoms with van der Waals surface area (Å²) in [6.45, 7) is 7.85. The number of nitrogens with zero attached hydrogens (tertiary/aromatic N) is 2. The van der Waals surface area contributed by atoms with E-state index in [1.807, 2.05) is 39.8 Å². The molecular weight excluding hydrogens is 266 g/mol. The minimum absolute atomic E-state index is 0.0134. The molecule has 0 saturated carbocycles. The van der Waals surface area contributed by atoms with Gasteiger partial charge in [0.2, 0.25) is 0 Å². The van der Waals surface area contributed by atoms with Gasteiger partial charge in [0.25, 0.3) is 11.5 Å². The normalized spacial score (nSPS) is 12.4. The van der Waals surface area contributed by atoms with E-state index in [4.69, 9.17) is 0 Å². The van der Waals surface area contributed by atoms with Gasteiger partial charge in [-0.1, -0.05) is 6.92 Å². The minimum atomic E-state index is -0.412. The van der Waals surface area contributed by atoms with Crippen molar-refractivity contribution >= 4 is 16.9 Å². The van der Waals surface area contributed by atoms with E-state index in [9.17, 15) is 9.59 Å². The Morgan fingerprint density at radius 2 is 1.95 bits per heavy atom. The Balaban J connectivity index is 2.61. The maximum atomic E-state index is 12.3. The predicted molar refractivity (Wildman–Crippen MR) is 83.7 cm³/mol. The molecular formula is C16H21N3O2. The molecule has 0 radical (unpaired) electrons. The van der Waals surface area contributed by atoms with Crippen LogP contribution in [-0.4, -0.2) is 21.5 Å². The first kappa shape index (κ1) is 15.2. The smallest absolute Gasteiger partial charge is 0.282 e. The fourth-order valence-corrected chi connectivity index (χ4v) is 2.12. The molecule has 1 aromatic heterocycles. The van der Waals surface area contributed by atoms with Crippen molar-refractivity contribution in [2.45, 2.75) is 40.2 Å². The summed E-state index contributed by atoms with van der Waals surface area (Å²) in [5.41, 5.74) is 3.16. The zero-order valence-electron chi connectivity index (χ0n) is 13.2. The topological polar surface area (TPSA) is 64.0 Å². The van der Waals surface area contributed by atoms with Crippen molar-refractivity contribution < 1.29 is 4.79 Å². The van der Waals surface area contributed by atoms with Gasteiger partial charge >= 0.3 is 0 Å². The third-order valence-electron chi connectivity index (χ3n) is 3.90. The Kier molecular flexibility index (Phi) is 4.11. The van der Waals surface area contributed by atoms with Crippen LogP contribution < -0.4 is 10.9 Å². The van der Waals surface area contributed by atoms with E-state index < -0.39 is 5.91 Å². The Labute approximate surface area is 124 Å². The fourth-order valence-electron chi connectivity index (χ4n) is 2.12. The number of hydrogen-bond donors (Lipinski definition) is 1. The van der Waals surface area contributed by atoms with Crippen LogP contribution in [-0.2, 0) is 7.05 Å². The van der Waals surface area contributed by atoms with E-state index in [0.29, 0.717) is 5.52 Å². The van der Waals surface area contributed by atoms with Gasteiger partial charge in [-0.3, -0.25) is 9.59 Å². The van der Waals surface area contributed by atoms with Gasteiger partial charge in [-0.05, 0) is 50.5 Å². The van der Waals surface area contributed by atoms with Gasteiger partial charge in [-0.15, -0.1) is 0 Å². The standard InChI is InChI=1S/C16H21N3O2/c1-6-11(4)17-15(20)14-16(21)19(5)13-8-10(3)9(2)7-12(13)18-14/h7-8,11H,6H2,1-5H3,(H,17,20). The zero-order valence-corrected chi connectivity index (χ0v) is 13.2. The molecule has 2 aromatic rings. The predicted octanol–water partition coefficient (Wildman–Crippen LogP) is 2.08. The van der Waals surface area contributed by atoms with Crippen molar-refractivity contribution in [3.8, 4) is 0 Å². The first-order chi connectivity index (χ1) is 9.85. The van der Waals surface area contributed by atoms with Crippen molar-refractivity contribution in [2.75, 3.05) is 0 Å². The van der Waals surface area contributed by atoms with E-state index in [0.717, 1.165) is 23.1 Å². The third kappa shape index (κ3) is 2.82. The highest BCUT2D eigenvalue weighted by Crippen LogP contribution is 2.16. The van der Waals surface area contributed by atoms with E-state index in [-0.39, 0.29) is 17.3 Å². The molecule has 1 N–H and O–H groups in total. The second-order valence-corrected chi connectivity index (χ2v) is 5.53. The summed E-state index contributed by atoms with van der Waals surface area (Å²) in [4.78, 5) is 28.8. The molecule has 0 bridgehead atoms. The molecule has 0 spiro atoms. The van der Waals surface area contributed by atoms with Gasteiger partial charge < -0.3 is 9.88 Å². The second-order valence-electron chi connectivity index (χ2n) is 5.53. The summed E-state index contributed by atoms with van der Waals surface area (Å²) in [5, 5.41) is 2.79. The SMILES string of the molecule is CCC(C)NC(=O)c1nc2cc(C)c(C)cc2n(C)c1=O. The maximum Gasteiger partial charge on any atom is 0.282 e. The molecule has 21 heavy (non-hydrogen) atoms. The first-order valence-corrected chi connectivity index (χ1v) is 7.14. The van der Waals surface area contributed by atoms with E-state index in [1.54, 1.807) is 7.05 Å². The van der Waals surface area contributed by atoms with Gasteiger partial charge in [0.05, 0.1) is 11.0 Å². The maximum absolute atomic E-state index is 12.3. The lowest BCUT2D eigenvalue weighted by Gasteiger charge is -2.13. The average molecular weight is 287 g/mol. The van der Waals surface area contributed by atoms with Crippen LogP contribution in [0.2, 0.25) is 0 Å². The average Bonchev–Trinajstić information content (AvgIpc) is 2.44. The van der Waals surface area contributed by atoms with Gasteiger partial charge in [0.1, 0.15) is 0 Å². The van der Waals surface area contributed by atoms with Crippen molar-refractivity contribution in [2.24, 2.45) is 7.05 Å². The van der Waals surface area contributed by atoms with Crippen LogP contribution >= 0.6 is 0 Å². The number of aromatic nitrogens is 2. The molecule has 112 valence electrons. The summed E-state index contributed by atoms with van der Waals surface area (Å²) in [6.07, 6.45) is 0.804. The second kappa shape index (κ2) is 5.68. The molecule has 0 aliphatic carbocycles. The first-order valence-electron chi connectivity index (χ1n) is 7.14. The lowest BCUT2D eigenvalue weighted by Crippen LogP contribution is -2.38. The lowest BCUT2D eigenvalue weighted by molar-refractivity contribution is 0.0932. The number of amides is 1. The Morgan fingerprint density at radius 3 is 2.57 bits per heavy atom. The Morgan fingerprint density at radius 1 is 1.33 bits per heavy atom. The van der Waals surface area contributed by atoms with Crippen molar-refractivity contribution in [3.05, 3.63) is 39.3 Å². The summed E-state index contributed by atoms with van der Waals surface area (Å²) in [6, 6.07) is 3.85. The van der Waals surface area contributed by atoms with Crippen molar-refractivity contribution in [1.82, 2.24) is 14.9 Å². The monoisotopic (exact) mass is 287 g/mol.